The molecule has 0 aromatic heterocycles. The number of nitrogens with one attached hydrogen (secondary N) is 2. The number of hydrogen-bond acceptors (Lipinski definition) is 4. The second-order valence-corrected chi connectivity index (χ2v) is 10.9. The molecule has 6 nitrogen and oxygen atoms in total. The van der Waals surface area contributed by atoms with Crippen molar-refractivity contribution in [2.75, 3.05) is 50.9 Å². The molecule has 0 unspecified atom stereocenters. The SMILES string of the molecule is CCCCCN(C)CCCC(=O)Nc1ccc(Cc2ccc(NC(=O)CCCN(C)CCCCC)cc2)cc1. The summed E-state index contributed by atoms with van der Waals surface area (Å²) in [6, 6.07) is 16.1. The van der Waals surface area contributed by atoms with Crippen LogP contribution in [-0.2, 0) is 16.0 Å². The lowest BCUT2D eigenvalue weighted by Crippen LogP contribution is -2.22. The lowest BCUT2D eigenvalue weighted by molar-refractivity contribution is -0.117. The maximum absolute atomic E-state index is 12.3. The number of carbonyl (C=O) groups is 2. The van der Waals surface area contributed by atoms with Crippen molar-refractivity contribution < 1.29 is 9.59 Å². The van der Waals surface area contributed by atoms with Crippen LogP contribution < -0.4 is 10.6 Å². The second-order valence-electron chi connectivity index (χ2n) is 10.9. The van der Waals surface area contributed by atoms with E-state index in [4.69, 9.17) is 0 Å². The Labute approximate surface area is 237 Å². The molecule has 0 bridgehead atoms. The lowest BCUT2D eigenvalue weighted by Gasteiger charge is -2.16. The van der Waals surface area contributed by atoms with Gasteiger partial charge in [0, 0.05) is 24.2 Å². The zero-order chi connectivity index (χ0) is 28.3. The van der Waals surface area contributed by atoms with Gasteiger partial charge in [-0.05, 0) is 108 Å². The van der Waals surface area contributed by atoms with Gasteiger partial charge < -0.3 is 20.4 Å². The Morgan fingerprint density at radius 1 is 0.564 bits per heavy atom. The van der Waals surface area contributed by atoms with Crippen molar-refractivity contribution in [1.29, 1.82) is 0 Å². The van der Waals surface area contributed by atoms with Crippen molar-refractivity contribution >= 4 is 23.2 Å². The van der Waals surface area contributed by atoms with Gasteiger partial charge in [0.05, 0.1) is 0 Å². The third-order valence-electron chi connectivity index (χ3n) is 7.06. The topological polar surface area (TPSA) is 64.7 Å². The zero-order valence-electron chi connectivity index (χ0n) is 24.9. The van der Waals surface area contributed by atoms with E-state index < -0.39 is 0 Å². The van der Waals surface area contributed by atoms with Crippen LogP contribution >= 0.6 is 0 Å². The molecule has 0 aliphatic heterocycles. The van der Waals surface area contributed by atoms with Crippen molar-refractivity contribution in [3.63, 3.8) is 0 Å². The van der Waals surface area contributed by atoms with Gasteiger partial charge in [-0.2, -0.15) is 0 Å². The summed E-state index contributed by atoms with van der Waals surface area (Å²) in [5, 5.41) is 6.03. The van der Waals surface area contributed by atoms with Gasteiger partial charge in [-0.3, -0.25) is 9.59 Å². The van der Waals surface area contributed by atoms with Crippen LogP contribution in [0.2, 0.25) is 0 Å². The fraction of sp³-hybridized carbons (Fsp3) is 0.576. The second kappa shape index (κ2) is 19.4. The third-order valence-corrected chi connectivity index (χ3v) is 7.06. The van der Waals surface area contributed by atoms with E-state index in [0.29, 0.717) is 12.8 Å². The van der Waals surface area contributed by atoms with Crippen molar-refractivity contribution in [2.24, 2.45) is 0 Å². The Hall–Kier alpha value is -2.70. The van der Waals surface area contributed by atoms with Crippen LogP contribution in [0.15, 0.2) is 48.5 Å². The molecule has 0 heterocycles. The van der Waals surface area contributed by atoms with E-state index in [-0.39, 0.29) is 11.8 Å². The van der Waals surface area contributed by atoms with Crippen molar-refractivity contribution in [1.82, 2.24) is 9.80 Å². The summed E-state index contributed by atoms with van der Waals surface area (Å²) < 4.78 is 0. The van der Waals surface area contributed by atoms with Crippen LogP contribution in [0.3, 0.4) is 0 Å². The van der Waals surface area contributed by atoms with E-state index in [9.17, 15) is 9.59 Å². The molecule has 2 rings (SSSR count). The number of carbonyl (C=O) groups excluding carboxylic acids is 2. The highest BCUT2D eigenvalue weighted by Crippen LogP contribution is 2.17. The summed E-state index contributed by atoms with van der Waals surface area (Å²) >= 11 is 0. The molecule has 0 saturated heterocycles. The maximum atomic E-state index is 12.3. The summed E-state index contributed by atoms with van der Waals surface area (Å²) in [5.74, 6) is 0.141. The summed E-state index contributed by atoms with van der Waals surface area (Å²) in [7, 11) is 4.26. The monoisotopic (exact) mass is 536 g/mol. The van der Waals surface area contributed by atoms with Crippen LogP contribution in [0.25, 0.3) is 0 Å². The number of nitrogens with zero attached hydrogens (tertiary/aromatic N) is 2. The number of hydrogen-bond donors (Lipinski definition) is 2. The van der Waals surface area contributed by atoms with Gasteiger partial charge in [0.1, 0.15) is 0 Å². The summed E-state index contributed by atoms with van der Waals surface area (Å²) in [6.45, 7) is 8.55. The molecule has 0 radical (unpaired) electrons. The molecule has 2 aromatic carbocycles. The Morgan fingerprint density at radius 2 is 0.923 bits per heavy atom. The van der Waals surface area contributed by atoms with Gasteiger partial charge >= 0.3 is 0 Å². The minimum atomic E-state index is 0.0707. The van der Waals surface area contributed by atoms with E-state index in [1.165, 1.54) is 49.7 Å². The third kappa shape index (κ3) is 14.9. The first-order valence-electron chi connectivity index (χ1n) is 15.0. The highest BCUT2D eigenvalue weighted by atomic mass is 16.2. The number of anilines is 2. The van der Waals surface area contributed by atoms with Crippen LogP contribution in [0, 0.1) is 0 Å². The summed E-state index contributed by atoms with van der Waals surface area (Å²) in [5.41, 5.74) is 4.04. The van der Waals surface area contributed by atoms with Crippen LogP contribution in [0.1, 0.15) is 89.2 Å². The first-order chi connectivity index (χ1) is 18.9. The van der Waals surface area contributed by atoms with Crippen LogP contribution in [-0.4, -0.2) is 61.9 Å². The van der Waals surface area contributed by atoms with E-state index in [1.54, 1.807) is 0 Å². The Balaban J connectivity index is 1.67. The molecule has 2 N–H and O–H groups in total. The molecule has 0 saturated carbocycles. The standard InChI is InChI=1S/C33H52N4O2/c1-5-7-9-23-36(3)25-11-13-32(38)34-30-19-15-28(16-20-30)27-29-17-21-31(22-18-29)35-33(39)14-12-26-37(4)24-10-8-6-2/h15-22H,5-14,23-27H2,1-4H3,(H,34,38)(H,35,39). The van der Waals surface area contributed by atoms with Crippen LogP contribution in [0.4, 0.5) is 11.4 Å². The smallest absolute Gasteiger partial charge is 0.224 e. The van der Waals surface area contributed by atoms with Gasteiger partial charge in [-0.15, -0.1) is 0 Å². The lowest BCUT2D eigenvalue weighted by atomic mass is 10.0. The van der Waals surface area contributed by atoms with Crippen molar-refractivity contribution in [2.45, 2.75) is 84.5 Å². The maximum Gasteiger partial charge on any atom is 0.224 e. The molecule has 0 aliphatic rings. The van der Waals surface area contributed by atoms with Gasteiger partial charge in [-0.1, -0.05) is 63.8 Å². The summed E-state index contributed by atoms with van der Waals surface area (Å²) in [4.78, 5) is 29.3. The van der Waals surface area contributed by atoms with E-state index in [1.807, 2.05) is 24.3 Å². The Morgan fingerprint density at radius 3 is 1.28 bits per heavy atom. The quantitative estimate of drug-likeness (QED) is 0.180. The number of rotatable bonds is 20. The number of amides is 2. The molecule has 0 spiro atoms. The average molecular weight is 537 g/mol. The molecular weight excluding hydrogens is 484 g/mol. The Bertz CT molecular complexity index is 866. The predicted molar refractivity (Wildman–Crippen MR) is 165 cm³/mol. The largest absolute Gasteiger partial charge is 0.326 e. The molecule has 0 atom stereocenters. The van der Waals surface area contributed by atoms with E-state index in [2.05, 4.69) is 72.6 Å². The normalized spacial score (nSPS) is 11.2. The first kappa shape index (κ1) is 32.5. The molecular formula is C33H52N4O2. The minimum Gasteiger partial charge on any atom is -0.326 e. The zero-order valence-corrected chi connectivity index (χ0v) is 24.9. The highest BCUT2D eigenvalue weighted by Gasteiger charge is 2.07. The molecule has 39 heavy (non-hydrogen) atoms. The molecule has 216 valence electrons. The highest BCUT2D eigenvalue weighted by molar-refractivity contribution is 5.91. The van der Waals surface area contributed by atoms with Crippen LogP contribution in [0.5, 0.6) is 0 Å². The molecule has 2 aromatic rings. The molecule has 6 heteroatoms. The summed E-state index contributed by atoms with van der Waals surface area (Å²) in [6.07, 6.45) is 11.1. The number of benzene rings is 2. The number of unbranched alkanes of at least 4 members (excludes halogenated alkanes) is 4. The van der Waals surface area contributed by atoms with Gasteiger partial charge in [0.25, 0.3) is 0 Å². The van der Waals surface area contributed by atoms with Crippen molar-refractivity contribution in [3.05, 3.63) is 59.7 Å². The molecule has 2 amide bonds. The Kier molecular flexibility index (Phi) is 16.2. The predicted octanol–water partition coefficient (Wildman–Crippen LogP) is 6.96. The fourth-order valence-corrected chi connectivity index (χ4v) is 4.60. The van der Waals surface area contributed by atoms with Gasteiger partial charge in [0.2, 0.25) is 11.8 Å². The van der Waals surface area contributed by atoms with E-state index in [0.717, 1.165) is 56.8 Å². The minimum absolute atomic E-state index is 0.0707. The average Bonchev–Trinajstić information content (AvgIpc) is 2.91. The fourth-order valence-electron chi connectivity index (χ4n) is 4.60. The molecule has 0 fully saturated rings. The first-order valence-corrected chi connectivity index (χ1v) is 15.0. The van der Waals surface area contributed by atoms with Gasteiger partial charge in [0.15, 0.2) is 0 Å². The van der Waals surface area contributed by atoms with Gasteiger partial charge in [-0.25, -0.2) is 0 Å². The van der Waals surface area contributed by atoms with E-state index >= 15 is 0 Å². The molecule has 0 aliphatic carbocycles. The van der Waals surface area contributed by atoms with Crippen molar-refractivity contribution in [3.8, 4) is 0 Å².